The molecule has 0 aromatic rings. The molecule has 0 aliphatic heterocycles. The van der Waals surface area contributed by atoms with Crippen LogP contribution < -0.4 is 5.32 Å². The fourth-order valence-corrected chi connectivity index (χ4v) is 0.811. The van der Waals surface area contributed by atoms with Gasteiger partial charge in [0, 0.05) is 6.04 Å². The summed E-state index contributed by atoms with van der Waals surface area (Å²) in [4.78, 5) is 23.0. The Bertz CT molecular complexity index is 168. The van der Waals surface area contributed by atoms with E-state index in [4.69, 9.17) is 0 Å². The Kier molecular flexibility index (Phi) is 4.51. The SMILES string of the molecule is CC(C)N(C)C(C)C(=O)NC=O. The number of carbonyl (C=O) groups is 2. The van der Waals surface area contributed by atoms with Crippen LogP contribution in [-0.2, 0) is 9.59 Å². The molecule has 2 amide bonds. The highest BCUT2D eigenvalue weighted by Crippen LogP contribution is 2.00. The van der Waals surface area contributed by atoms with E-state index in [0.29, 0.717) is 6.41 Å². The second-order valence-electron chi connectivity index (χ2n) is 3.06. The lowest BCUT2D eigenvalue weighted by atomic mass is 10.2. The van der Waals surface area contributed by atoms with Crippen LogP contribution in [0.4, 0.5) is 0 Å². The van der Waals surface area contributed by atoms with E-state index in [0.717, 1.165) is 0 Å². The van der Waals surface area contributed by atoms with Gasteiger partial charge >= 0.3 is 0 Å². The zero-order chi connectivity index (χ0) is 9.72. The molecular weight excluding hydrogens is 156 g/mol. The summed E-state index contributed by atoms with van der Waals surface area (Å²) in [5.74, 6) is -0.263. The Balaban J connectivity index is 4.08. The molecule has 0 radical (unpaired) electrons. The second kappa shape index (κ2) is 4.87. The first kappa shape index (κ1) is 11.1. The van der Waals surface area contributed by atoms with Crippen molar-refractivity contribution in [2.75, 3.05) is 7.05 Å². The number of hydrogen-bond acceptors (Lipinski definition) is 3. The van der Waals surface area contributed by atoms with Gasteiger partial charge in [0.15, 0.2) is 0 Å². The van der Waals surface area contributed by atoms with Gasteiger partial charge < -0.3 is 0 Å². The molecule has 4 heteroatoms. The predicted octanol–water partition coefficient (Wildman–Crippen LogP) is -0.0123. The van der Waals surface area contributed by atoms with E-state index in [1.54, 1.807) is 6.92 Å². The summed E-state index contributed by atoms with van der Waals surface area (Å²) in [7, 11) is 1.85. The average Bonchev–Trinajstić information content (AvgIpc) is 2.02. The third-order valence-electron chi connectivity index (χ3n) is 2.01. The minimum absolute atomic E-state index is 0.263. The molecule has 0 bridgehead atoms. The third-order valence-corrected chi connectivity index (χ3v) is 2.01. The van der Waals surface area contributed by atoms with Crippen LogP contribution in [0.15, 0.2) is 0 Å². The molecule has 0 spiro atoms. The van der Waals surface area contributed by atoms with Gasteiger partial charge in [0.1, 0.15) is 0 Å². The Hall–Kier alpha value is -0.900. The quantitative estimate of drug-likeness (QED) is 0.607. The monoisotopic (exact) mass is 172 g/mol. The van der Waals surface area contributed by atoms with Crippen LogP contribution >= 0.6 is 0 Å². The Labute approximate surface area is 72.9 Å². The molecule has 12 heavy (non-hydrogen) atoms. The number of amides is 2. The van der Waals surface area contributed by atoms with Crippen molar-refractivity contribution in [1.82, 2.24) is 10.2 Å². The van der Waals surface area contributed by atoms with Crippen molar-refractivity contribution in [3.05, 3.63) is 0 Å². The Morgan fingerprint density at radius 3 is 2.25 bits per heavy atom. The molecule has 0 aromatic carbocycles. The fourth-order valence-electron chi connectivity index (χ4n) is 0.811. The van der Waals surface area contributed by atoms with E-state index in [9.17, 15) is 9.59 Å². The van der Waals surface area contributed by atoms with Crippen LogP contribution in [0.1, 0.15) is 20.8 Å². The number of imide groups is 1. The normalized spacial score (nSPS) is 13.2. The highest BCUT2D eigenvalue weighted by Gasteiger charge is 2.18. The van der Waals surface area contributed by atoms with Crippen LogP contribution in [0.3, 0.4) is 0 Å². The van der Waals surface area contributed by atoms with Gasteiger partial charge in [-0.2, -0.15) is 0 Å². The lowest BCUT2D eigenvalue weighted by Gasteiger charge is -2.26. The third kappa shape index (κ3) is 3.00. The summed E-state index contributed by atoms with van der Waals surface area (Å²) in [5.41, 5.74) is 0. The molecule has 0 aliphatic rings. The summed E-state index contributed by atoms with van der Waals surface area (Å²) in [6.07, 6.45) is 0.410. The minimum Gasteiger partial charge on any atom is -0.298 e. The van der Waals surface area contributed by atoms with E-state index >= 15 is 0 Å². The van der Waals surface area contributed by atoms with Crippen molar-refractivity contribution in [3.63, 3.8) is 0 Å². The molecule has 0 saturated heterocycles. The van der Waals surface area contributed by atoms with Crippen molar-refractivity contribution in [2.45, 2.75) is 32.9 Å². The molecular formula is C8H16N2O2. The largest absolute Gasteiger partial charge is 0.298 e. The maximum absolute atomic E-state index is 11.1. The number of carbonyl (C=O) groups excluding carboxylic acids is 2. The van der Waals surface area contributed by atoms with Crippen molar-refractivity contribution < 1.29 is 9.59 Å². The van der Waals surface area contributed by atoms with E-state index < -0.39 is 0 Å². The number of nitrogens with zero attached hydrogens (tertiary/aromatic N) is 1. The lowest BCUT2D eigenvalue weighted by molar-refractivity contribution is -0.129. The van der Waals surface area contributed by atoms with Gasteiger partial charge in [0.05, 0.1) is 6.04 Å². The van der Waals surface area contributed by atoms with Gasteiger partial charge in [0.2, 0.25) is 12.3 Å². The highest BCUT2D eigenvalue weighted by atomic mass is 16.2. The van der Waals surface area contributed by atoms with E-state index in [1.165, 1.54) is 0 Å². The Morgan fingerprint density at radius 2 is 1.92 bits per heavy atom. The van der Waals surface area contributed by atoms with Crippen LogP contribution in [0.2, 0.25) is 0 Å². The molecule has 1 unspecified atom stereocenters. The van der Waals surface area contributed by atoms with Crippen LogP contribution in [0, 0.1) is 0 Å². The molecule has 1 N–H and O–H groups in total. The topological polar surface area (TPSA) is 49.4 Å². The maximum atomic E-state index is 11.1. The molecule has 0 fully saturated rings. The Morgan fingerprint density at radius 1 is 1.42 bits per heavy atom. The zero-order valence-electron chi connectivity index (χ0n) is 8.00. The van der Waals surface area contributed by atoms with Gasteiger partial charge in [-0.3, -0.25) is 19.8 Å². The number of nitrogens with one attached hydrogen (secondary N) is 1. The van der Waals surface area contributed by atoms with Gasteiger partial charge in [-0.1, -0.05) is 0 Å². The first-order chi connectivity index (χ1) is 5.50. The summed E-state index contributed by atoms with van der Waals surface area (Å²) in [6, 6.07) is 0.0209. The predicted molar refractivity (Wildman–Crippen MR) is 46.6 cm³/mol. The molecule has 0 aliphatic carbocycles. The summed E-state index contributed by atoms with van der Waals surface area (Å²) >= 11 is 0. The van der Waals surface area contributed by atoms with E-state index in [2.05, 4.69) is 5.32 Å². The molecule has 4 nitrogen and oxygen atoms in total. The first-order valence-electron chi connectivity index (χ1n) is 3.96. The minimum atomic E-state index is -0.268. The van der Waals surface area contributed by atoms with Crippen molar-refractivity contribution in [1.29, 1.82) is 0 Å². The zero-order valence-corrected chi connectivity index (χ0v) is 8.00. The average molecular weight is 172 g/mol. The number of hydrogen-bond donors (Lipinski definition) is 1. The highest BCUT2D eigenvalue weighted by molar-refractivity contribution is 5.89. The molecule has 0 rings (SSSR count). The van der Waals surface area contributed by atoms with Gasteiger partial charge in [-0.15, -0.1) is 0 Å². The maximum Gasteiger partial charge on any atom is 0.243 e. The first-order valence-corrected chi connectivity index (χ1v) is 3.96. The number of likely N-dealkylation sites (N-methyl/N-ethyl adjacent to an activating group) is 1. The van der Waals surface area contributed by atoms with Gasteiger partial charge in [0.25, 0.3) is 0 Å². The molecule has 1 atom stereocenters. The molecule has 0 aromatic heterocycles. The second-order valence-corrected chi connectivity index (χ2v) is 3.06. The van der Waals surface area contributed by atoms with Crippen LogP contribution in [0.5, 0.6) is 0 Å². The molecule has 0 saturated carbocycles. The van der Waals surface area contributed by atoms with Gasteiger partial charge in [-0.25, -0.2) is 0 Å². The van der Waals surface area contributed by atoms with E-state index in [1.807, 2.05) is 25.8 Å². The molecule has 0 heterocycles. The molecule has 70 valence electrons. The van der Waals surface area contributed by atoms with Crippen molar-refractivity contribution >= 4 is 12.3 Å². The fraction of sp³-hybridized carbons (Fsp3) is 0.750. The smallest absolute Gasteiger partial charge is 0.243 e. The summed E-state index contributed by atoms with van der Waals surface area (Å²) in [5, 5.41) is 2.12. The lowest BCUT2D eigenvalue weighted by Crippen LogP contribution is -2.45. The van der Waals surface area contributed by atoms with Crippen molar-refractivity contribution in [3.8, 4) is 0 Å². The number of rotatable bonds is 4. The van der Waals surface area contributed by atoms with Crippen LogP contribution in [0.25, 0.3) is 0 Å². The van der Waals surface area contributed by atoms with E-state index in [-0.39, 0.29) is 18.0 Å². The summed E-state index contributed by atoms with van der Waals surface area (Å²) < 4.78 is 0. The van der Waals surface area contributed by atoms with Gasteiger partial charge in [-0.05, 0) is 27.8 Å². The summed E-state index contributed by atoms with van der Waals surface area (Å²) in [6.45, 7) is 5.74. The van der Waals surface area contributed by atoms with Crippen molar-refractivity contribution in [2.24, 2.45) is 0 Å². The van der Waals surface area contributed by atoms with Crippen LogP contribution in [-0.4, -0.2) is 36.3 Å². The standard InChI is InChI=1S/C8H16N2O2/c1-6(2)10(4)7(3)8(12)9-5-11/h5-7H,1-4H3,(H,9,11,12).